The maximum atomic E-state index is 12.5. The van der Waals surface area contributed by atoms with E-state index in [0.717, 1.165) is 25.1 Å². The second kappa shape index (κ2) is 8.31. The summed E-state index contributed by atoms with van der Waals surface area (Å²) in [6, 6.07) is 5.65. The van der Waals surface area contributed by atoms with Crippen molar-refractivity contribution < 1.29 is 9.59 Å². The normalized spacial score (nSPS) is 17.6. The van der Waals surface area contributed by atoms with E-state index in [1.165, 1.54) is 0 Å². The van der Waals surface area contributed by atoms with E-state index in [4.69, 9.17) is 0 Å². The van der Waals surface area contributed by atoms with Crippen molar-refractivity contribution in [2.24, 2.45) is 0 Å². The summed E-state index contributed by atoms with van der Waals surface area (Å²) in [7, 11) is 7.58. The highest BCUT2D eigenvalue weighted by molar-refractivity contribution is 5.95. The van der Waals surface area contributed by atoms with Crippen LogP contribution in [-0.2, 0) is 4.79 Å². The van der Waals surface area contributed by atoms with Crippen LogP contribution in [0.2, 0.25) is 0 Å². The number of likely N-dealkylation sites (tertiary alicyclic amines) is 1. The molecule has 0 aromatic heterocycles. The first-order chi connectivity index (χ1) is 11.8. The molecule has 25 heavy (non-hydrogen) atoms. The van der Waals surface area contributed by atoms with Gasteiger partial charge in [0, 0.05) is 31.0 Å². The third-order valence-corrected chi connectivity index (χ3v) is 4.46. The summed E-state index contributed by atoms with van der Waals surface area (Å²) in [5.41, 5.74) is 2.35. The van der Waals surface area contributed by atoms with E-state index >= 15 is 0 Å². The molecular weight excluding hydrogens is 318 g/mol. The zero-order valence-electron chi connectivity index (χ0n) is 15.8. The van der Waals surface area contributed by atoms with Crippen LogP contribution < -0.4 is 10.6 Å². The number of benzene rings is 1. The summed E-state index contributed by atoms with van der Waals surface area (Å²) in [6.07, 6.45) is 0.986. The van der Waals surface area contributed by atoms with Crippen LogP contribution in [0.4, 0.5) is 16.2 Å². The topological polar surface area (TPSA) is 67.9 Å². The van der Waals surface area contributed by atoms with Crippen molar-refractivity contribution in [1.29, 1.82) is 0 Å². The van der Waals surface area contributed by atoms with Crippen LogP contribution in [0.25, 0.3) is 0 Å². The molecule has 7 heteroatoms. The van der Waals surface area contributed by atoms with Gasteiger partial charge in [-0.1, -0.05) is 6.07 Å². The molecule has 1 fully saturated rings. The molecule has 0 aliphatic carbocycles. The number of likely N-dealkylation sites (N-methyl/N-ethyl adjacent to an activating group) is 3. The Morgan fingerprint density at radius 2 is 1.96 bits per heavy atom. The molecule has 138 valence electrons. The van der Waals surface area contributed by atoms with Gasteiger partial charge in [-0.2, -0.15) is 0 Å². The standard InChI is InChI=1S/C18H29N5O2/c1-13-6-7-14(10-16(13)20-17(24)12-21(2)3)19-18(25)23(5)15-8-9-22(4)11-15/h6-7,10,15H,8-9,11-12H2,1-5H3,(H,19,25)(H,20,24). The minimum atomic E-state index is -0.130. The number of hydrogen-bond acceptors (Lipinski definition) is 4. The monoisotopic (exact) mass is 347 g/mol. The number of nitrogens with one attached hydrogen (secondary N) is 2. The van der Waals surface area contributed by atoms with Crippen molar-refractivity contribution in [3.05, 3.63) is 23.8 Å². The molecule has 1 aromatic carbocycles. The Bertz CT molecular complexity index is 632. The van der Waals surface area contributed by atoms with Crippen molar-refractivity contribution in [3.63, 3.8) is 0 Å². The molecular formula is C18H29N5O2. The van der Waals surface area contributed by atoms with Gasteiger partial charge < -0.3 is 25.3 Å². The largest absolute Gasteiger partial charge is 0.325 e. The number of amides is 3. The second-order valence-corrected chi connectivity index (χ2v) is 7.06. The van der Waals surface area contributed by atoms with E-state index in [1.807, 2.05) is 45.1 Å². The summed E-state index contributed by atoms with van der Waals surface area (Å²) in [5, 5.41) is 5.81. The van der Waals surface area contributed by atoms with E-state index < -0.39 is 0 Å². The van der Waals surface area contributed by atoms with Gasteiger partial charge in [-0.15, -0.1) is 0 Å². The highest BCUT2D eigenvalue weighted by atomic mass is 16.2. The first-order valence-electron chi connectivity index (χ1n) is 8.54. The Hall–Kier alpha value is -2.12. The maximum absolute atomic E-state index is 12.5. The third kappa shape index (κ3) is 5.44. The predicted octanol–water partition coefficient (Wildman–Crippen LogP) is 1.66. The maximum Gasteiger partial charge on any atom is 0.321 e. The zero-order valence-corrected chi connectivity index (χ0v) is 15.8. The molecule has 0 bridgehead atoms. The highest BCUT2D eigenvalue weighted by Gasteiger charge is 2.26. The Morgan fingerprint density at radius 3 is 2.56 bits per heavy atom. The number of anilines is 2. The molecule has 1 atom stereocenters. The molecule has 2 rings (SSSR count). The molecule has 1 aliphatic rings. The number of carbonyl (C=O) groups is 2. The smallest absolute Gasteiger partial charge is 0.321 e. The average molecular weight is 347 g/mol. The van der Waals surface area contributed by atoms with Crippen LogP contribution in [0.15, 0.2) is 18.2 Å². The molecule has 1 unspecified atom stereocenters. The summed E-state index contributed by atoms with van der Waals surface area (Å²) < 4.78 is 0. The molecule has 2 N–H and O–H groups in total. The number of carbonyl (C=O) groups excluding carboxylic acids is 2. The highest BCUT2D eigenvalue weighted by Crippen LogP contribution is 2.21. The van der Waals surface area contributed by atoms with Gasteiger partial charge in [0.2, 0.25) is 5.91 Å². The molecule has 1 heterocycles. The van der Waals surface area contributed by atoms with Gasteiger partial charge in [-0.25, -0.2) is 4.79 Å². The van der Waals surface area contributed by atoms with Gasteiger partial charge in [0.1, 0.15) is 0 Å². The molecule has 1 aromatic rings. The average Bonchev–Trinajstić information content (AvgIpc) is 2.95. The first kappa shape index (κ1) is 19.2. The van der Waals surface area contributed by atoms with Crippen LogP contribution in [-0.4, -0.2) is 80.5 Å². The van der Waals surface area contributed by atoms with Gasteiger partial charge in [0.05, 0.1) is 6.54 Å². The number of rotatable bonds is 5. The Morgan fingerprint density at radius 1 is 1.24 bits per heavy atom. The fourth-order valence-corrected chi connectivity index (χ4v) is 2.92. The van der Waals surface area contributed by atoms with Gasteiger partial charge >= 0.3 is 6.03 Å². The van der Waals surface area contributed by atoms with E-state index in [1.54, 1.807) is 11.0 Å². The van der Waals surface area contributed by atoms with Crippen molar-refractivity contribution in [1.82, 2.24) is 14.7 Å². The summed E-state index contributed by atoms with van der Waals surface area (Å²) in [4.78, 5) is 30.2. The van der Waals surface area contributed by atoms with Crippen LogP contribution in [0, 0.1) is 6.92 Å². The second-order valence-electron chi connectivity index (χ2n) is 7.06. The number of urea groups is 1. The van der Waals surface area contributed by atoms with Crippen molar-refractivity contribution in [2.45, 2.75) is 19.4 Å². The van der Waals surface area contributed by atoms with E-state index in [0.29, 0.717) is 17.9 Å². The third-order valence-electron chi connectivity index (χ3n) is 4.46. The summed E-state index contributed by atoms with van der Waals surface area (Å²) in [6.45, 7) is 4.14. The van der Waals surface area contributed by atoms with Crippen LogP contribution >= 0.6 is 0 Å². The zero-order chi connectivity index (χ0) is 18.6. The predicted molar refractivity (Wildman–Crippen MR) is 101 cm³/mol. The molecule has 1 saturated heterocycles. The molecule has 1 aliphatic heterocycles. The summed E-state index contributed by atoms with van der Waals surface area (Å²) in [5.74, 6) is -0.0808. The van der Waals surface area contributed by atoms with Gasteiger partial charge in [0.15, 0.2) is 0 Å². The van der Waals surface area contributed by atoms with Crippen LogP contribution in [0.1, 0.15) is 12.0 Å². The van der Waals surface area contributed by atoms with Crippen molar-refractivity contribution in [3.8, 4) is 0 Å². The lowest BCUT2D eigenvalue weighted by atomic mass is 10.1. The SMILES string of the molecule is Cc1ccc(NC(=O)N(C)C2CCN(C)C2)cc1NC(=O)CN(C)C. The molecule has 0 radical (unpaired) electrons. The fraction of sp³-hybridized carbons (Fsp3) is 0.556. The van der Waals surface area contributed by atoms with Gasteiger partial charge in [-0.05, 0) is 58.7 Å². The quantitative estimate of drug-likeness (QED) is 0.850. The fourth-order valence-electron chi connectivity index (χ4n) is 2.92. The van der Waals surface area contributed by atoms with Crippen LogP contribution in [0.3, 0.4) is 0 Å². The van der Waals surface area contributed by atoms with E-state index in [9.17, 15) is 9.59 Å². The Balaban J connectivity index is 2.01. The lowest BCUT2D eigenvalue weighted by Crippen LogP contribution is -2.41. The van der Waals surface area contributed by atoms with Gasteiger partial charge in [-0.3, -0.25) is 4.79 Å². The number of hydrogen-bond donors (Lipinski definition) is 2. The lowest BCUT2D eigenvalue weighted by molar-refractivity contribution is -0.116. The minimum absolute atomic E-state index is 0.0808. The molecule has 3 amide bonds. The summed E-state index contributed by atoms with van der Waals surface area (Å²) >= 11 is 0. The Kier molecular flexibility index (Phi) is 6.39. The first-order valence-corrected chi connectivity index (χ1v) is 8.54. The molecule has 0 saturated carbocycles. The van der Waals surface area contributed by atoms with E-state index in [-0.39, 0.29) is 18.0 Å². The van der Waals surface area contributed by atoms with Gasteiger partial charge in [0.25, 0.3) is 0 Å². The minimum Gasteiger partial charge on any atom is -0.325 e. The molecule has 7 nitrogen and oxygen atoms in total. The van der Waals surface area contributed by atoms with Crippen molar-refractivity contribution >= 4 is 23.3 Å². The van der Waals surface area contributed by atoms with Crippen LogP contribution in [0.5, 0.6) is 0 Å². The van der Waals surface area contributed by atoms with E-state index in [2.05, 4.69) is 22.6 Å². The number of aryl methyl sites for hydroxylation is 1. The van der Waals surface area contributed by atoms with Crippen molar-refractivity contribution in [2.75, 3.05) is 58.5 Å². The Labute approximate surface area is 150 Å². The number of nitrogens with zero attached hydrogens (tertiary/aromatic N) is 3. The molecule has 0 spiro atoms. The lowest BCUT2D eigenvalue weighted by Gasteiger charge is -2.25.